The van der Waals surface area contributed by atoms with Crippen molar-refractivity contribution < 1.29 is 4.52 Å². The summed E-state index contributed by atoms with van der Waals surface area (Å²) in [6, 6.07) is 12.5. The molecule has 1 aliphatic heterocycles. The summed E-state index contributed by atoms with van der Waals surface area (Å²) in [6.07, 6.45) is 5.41. The maximum absolute atomic E-state index is 4.92. The fourth-order valence-electron chi connectivity index (χ4n) is 3.60. The molecule has 3 heterocycles. The van der Waals surface area contributed by atoms with Crippen molar-refractivity contribution in [2.45, 2.75) is 19.6 Å². The second kappa shape index (κ2) is 9.38. The molecule has 1 N–H and O–H groups in total. The molecule has 1 aromatic carbocycles. The molecule has 0 spiro atoms. The van der Waals surface area contributed by atoms with Crippen molar-refractivity contribution in [3.05, 3.63) is 71.9 Å². The molecule has 29 heavy (non-hydrogen) atoms. The van der Waals surface area contributed by atoms with Gasteiger partial charge in [-0.1, -0.05) is 29.4 Å². The minimum atomic E-state index is 0.749. The van der Waals surface area contributed by atoms with E-state index >= 15 is 0 Å². The molecule has 3 aromatic rings. The van der Waals surface area contributed by atoms with E-state index in [0.29, 0.717) is 0 Å². The van der Waals surface area contributed by atoms with E-state index in [9.17, 15) is 0 Å². The monoisotopic (exact) mass is 393 g/mol. The third-order valence-electron chi connectivity index (χ3n) is 5.11. The van der Waals surface area contributed by atoms with Gasteiger partial charge in [0.2, 0.25) is 0 Å². The van der Waals surface area contributed by atoms with E-state index in [-0.39, 0.29) is 0 Å². The molecule has 0 aliphatic carbocycles. The first kappa shape index (κ1) is 19.2. The van der Waals surface area contributed by atoms with Crippen LogP contribution in [0.1, 0.15) is 16.8 Å². The second-order valence-electron chi connectivity index (χ2n) is 7.18. The Bertz CT molecular complexity index is 897. The smallest absolute Gasteiger partial charge is 0.194 e. The first-order valence-electron chi connectivity index (χ1n) is 9.92. The Balaban J connectivity index is 1.27. The molecule has 8 heteroatoms. The summed E-state index contributed by atoms with van der Waals surface area (Å²) in [5.74, 6) is 0.948. The molecule has 0 amide bonds. The van der Waals surface area contributed by atoms with E-state index in [1.807, 2.05) is 30.1 Å². The average Bonchev–Trinajstić information content (AvgIpc) is 3.44. The van der Waals surface area contributed by atoms with Crippen LogP contribution in [0, 0.1) is 0 Å². The molecular formula is C21H27N7O. The normalized spacial score (nSPS) is 15.6. The number of aliphatic imine (C=N–C) groups is 1. The molecule has 0 bridgehead atoms. The van der Waals surface area contributed by atoms with Crippen molar-refractivity contribution >= 4 is 5.96 Å². The Labute approximate surface area is 170 Å². The van der Waals surface area contributed by atoms with Crippen LogP contribution in [0.3, 0.4) is 0 Å². The van der Waals surface area contributed by atoms with E-state index in [4.69, 9.17) is 4.52 Å². The Hall–Kier alpha value is -3.13. The van der Waals surface area contributed by atoms with Gasteiger partial charge in [-0.2, -0.15) is 5.10 Å². The molecule has 1 saturated heterocycles. The van der Waals surface area contributed by atoms with Gasteiger partial charge >= 0.3 is 0 Å². The lowest BCUT2D eigenvalue weighted by atomic mass is 10.1. The number of aromatic nitrogens is 3. The number of hydrogen-bond acceptors (Lipinski definition) is 5. The van der Waals surface area contributed by atoms with Crippen molar-refractivity contribution in [2.75, 3.05) is 33.2 Å². The molecular weight excluding hydrogens is 366 g/mol. The Morgan fingerprint density at radius 3 is 2.69 bits per heavy atom. The molecule has 0 saturated carbocycles. The predicted molar refractivity (Wildman–Crippen MR) is 111 cm³/mol. The average molecular weight is 393 g/mol. The lowest BCUT2D eigenvalue weighted by molar-refractivity contribution is 0.169. The minimum absolute atomic E-state index is 0.749. The highest BCUT2D eigenvalue weighted by atomic mass is 16.5. The van der Waals surface area contributed by atoms with Crippen molar-refractivity contribution in [1.29, 1.82) is 0 Å². The number of piperazine rings is 1. The number of guanidine groups is 1. The van der Waals surface area contributed by atoms with Crippen molar-refractivity contribution in [1.82, 2.24) is 30.1 Å². The van der Waals surface area contributed by atoms with Gasteiger partial charge < -0.3 is 14.7 Å². The second-order valence-corrected chi connectivity index (χ2v) is 7.18. The van der Waals surface area contributed by atoms with E-state index in [2.05, 4.69) is 54.6 Å². The largest absolute Gasteiger partial charge is 0.364 e. The molecule has 0 radical (unpaired) electrons. The van der Waals surface area contributed by atoms with Gasteiger partial charge in [0.25, 0.3) is 0 Å². The lowest BCUT2D eigenvalue weighted by Crippen LogP contribution is -2.52. The maximum atomic E-state index is 4.92. The highest BCUT2D eigenvalue weighted by Gasteiger charge is 2.20. The number of hydrogen-bond donors (Lipinski definition) is 1. The fraction of sp³-hybridized carbons (Fsp3) is 0.381. The van der Waals surface area contributed by atoms with Gasteiger partial charge in [0, 0.05) is 64.8 Å². The molecule has 0 unspecified atom stereocenters. The summed E-state index contributed by atoms with van der Waals surface area (Å²) in [6.45, 7) is 6.20. The Morgan fingerprint density at radius 1 is 1.10 bits per heavy atom. The summed E-state index contributed by atoms with van der Waals surface area (Å²) >= 11 is 0. The fourth-order valence-corrected chi connectivity index (χ4v) is 3.60. The van der Waals surface area contributed by atoms with Crippen LogP contribution in [0.2, 0.25) is 0 Å². The Morgan fingerprint density at radius 2 is 1.97 bits per heavy atom. The van der Waals surface area contributed by atoms with Gasteiger partial charge in [0.1, 0.15) is 6.26 Å². The zero-order chi connectivity index (χ0) is 19.9. The van der Waals surface area contributed by atoms with E-state index in [0.717, 1.165) is 57.5 Å². The van der Waals surface area contributed by atoms with Crippen LogP contribution in [-0.4, -0.2) is 63.9 Å². The first-order valence-corrected chi connectivity index (χ1v) is 9.92. The summed E-state index contributed by atoms with van der Waals surface area (Å²) in [5, 5.41) is 11.8. The third kappa shape index (κ3) is 5.23. The molecule has 152 valence electrons. The number of nitrogens with one attached hydrogen (secondary N) is 1. The summed E-state index contributed by atoms with van der Waals surface area (Å²) in [7, 11) is 1.85. The molecule has 1 aliphatic rings. The molecule has 8 nitrogen and oxygen atoms in total. The van der Waals surface area contributed by atoms with Gasteiger partial charge in [-0.05, 0) is 17.2 Å². The van der Waals surface area contributed by atoms with Crippen molar-refractivity contribution in [3.63, 3.8) is 0 Å². The summed E-state index contributed by atoms with van der Waals surface area (Å²) in [5.41, 5.74) is 3.46. The standard InChI is InChI=1S/C21H27N7O/c1-22-21(27-11-9-26(10-12-27)17-20-6-13-29-25-20)23-15-18-4-2-5-19(14-18)16-28-8-3-7-24-28/h2-8,13-14H,9-12,15-17H2,1H3,(H,22,23). The maximum Gasteiger partial charge on any atom is 0.194 e. The minimum Gasteiger partial charge on any atom is -0.364 e. The van der Waals surface area contributed by atoms with Gasteiger partial charge in [0.05, 0.1) is 12.2 Å². The van der Waals surface area contributed by atoms with E-state index in [1.54, 1.807) is 12.5 Å². The lowest BCUT2D eigenvalue weighted by Gasteiger charge is -2.36. The summed E-state index contributed by atoms with van der Waals surface area (Å²) < 4.78 is 6.86. The Kier molecular flexibility index (Phi) is 6.21. The highest BCUT2D eigenvalue weighted by molar-refractivity contribution is 5.80. The SMILES string of the molecule is CN=C(NCc1cccc(Cn2cccn2)c1)N1CCN(Cc2ccon2)CC1. The van der Waals surface area contributed by atoms with Gasteiger partial charge in [-0.25, -0.2) is 0 Å². The first-order chi connectivity index (χ1) is 14.3. The van der Waals surface area contributed by atoms with Crippen LogP contribution in [0.15, 0.2) is 64.6 Å². The van der Waals surface area contributed by atoms with Crippen molar-refractivity contribution in [2.24, 2.45) is 4.99 Å². The van der Waals surface area contributed by atoms with Gasteiger partial charge in [-0.3, -0.25) is 14.6 Å². The molecule has 1 fully saturated rings. The van der Waals surface area contributed by atoms with Crippen LogP contribution in [0.25, 0.3) is 0 Å². The number of rotatable bonds is 6. The van der Waals surface area contributed by atoms with Crippen LogP contribution < -0.4 is 5.32 Å². The van der Waals surface area contributed by atoms with Crippen molar-refractivity contribution in [3.8, 4) is 0 Å². The zero-order valence-corrected chi connectivity index (χ0v) is 16.7. The molecule has 2 aromatic heterocycles. The third-order valence-corrected chi connectivity index (χ3v) is 5.11. The van der Waals surface area contributed by atoms with E-state index < -0.39 is 0 Å². The molecule has 4 rings (SSSR count). The van der Waals surface area contributed by atoms with Crippen LogP contribution in [0.4, 0.5) is 0 Å². The zero-order valence-electron chi connectivity index (χ0n) is 16.7. The van der Waals surface area contributed by atoms with Gasteiger partial charge in [0.15, 0.2) is 5.96 Å². The van der Waals surface area contributed by atoms with E-state index in [1.165, 1.54) is 11.1 Å². The highest BCUT2D eigenvalue weighted by Crippen LogP contribution is 2.09. The predicted octanol–water partition coefficient (Wildman–Crippen LogP) is 1.81. The number of nitrogens with zero attached hydrogens (tertiary/aromatic N) is 6. The van der Waals surface area contributed by atoms with Crippen LogP contribution in [-0.2, 0) is 19.6 Å². The van der Waals surface area contributed by atoms with Crippen LogP contribution in [0.5, 0.6) is 0 Å². The molecule has 0 atom stereocenters. The van der Waals surface area contributed by atoms with Crippen LogP contribution >= 0.6 is 0 Å². The quantitative estimate of drug-likeness (QED) is 0.509. The summed E-state index contributed by atoms with van der Waals surface area (Å²) in [4.78, 5) is 9.18. The topological polar surface area (TPSA) is 74.7 Å². The number of benzene rings is 1. The van der Waals surface area contributed by atoms with Gasteiger partial charge in [-0.15, -0.1) is 0 Å².